The van der Waals surface area contributed by atoms with E-state index in [0.29, 0.717) is 11.8 Å². The minimum Gasteiger partial charge on any atom is -0.355 e. The Morgan fingerprint density at radius 3 is 2.52 bits per heavy atom. The molecule has 0 spiro atoms. The lowest BCUT2D eigenvalue weighted by Gasteiger charge is -2.36. The van der Waals surface area contributed by atoms with Gasteiger partial charge in [0.1, 0.15) is 0 Å². The van der Waals surface area contributed by atoms with Crippen LogP contribution in [0.25, 0.3) is 0 Å². The molecule has 3 rings (SSSR count). The highest BCUT2D eigenvalue weighted by atomic mass is 127. The van der Waals surface area contributed by atoms with Crippen molar-refractivity contribution in [2.24, 2.45) is 10.9 Å². The molecule has 29 heavy (non-hydrogen) atoms. The summed E-state index contributed by atoms with van der Waals surface area (Å²) in [5.41, 5.74) is 2.53. The van der Waals surface area contributed by atoms with Crippen LogP contribution in [0.3, 0.4) is 0 Å². The molecule has 0 unspecified atom stereocenters. The lowest BCUT2D eigenvalue weighted by Crippen LogP contribution is -2.51. The topological polar surface area (TPSA) is 60.0 Å². The number of nitrogens with zero attached hydrogens (tertiary/aromatic N) is 3. The van der Waals surface area contributed by atoms with E-state index in [0.717, 1.165) is 64.6 Å². The largest absolute Gasteiger partial charge is 0.355 e. The fraction of sp³-hybridized carbons (Fsp3) is 0.636. The highest BCUT2D eigenvalue weighted by Gasteiger charge is 2.29. The molecule has 1 aliphatic carbocycles. The number of hydrogen-bond acceptors (Lipinski definition) is 3. The Labute approximate surface area is 192 Å². The van der Waals surface area contributed by atoms with Crippen LogP contribution in [0.5, 0.6) is 0 Å². The molecule has 7 heteroatoms. The molecule has 0 bridgehead atoms. The summed E-state index contributed by atoms with van der Waals surface area (Å²) in [6.07, 6.45) is 4.64. The molecule has 2 aliphatic rings. The molecular formula is C22H36IN5O. The van der Waals surface area contributed by atoms with Gasteiger partial charge in [-0.3, -0.25) is 14.7 Å². The number of nitrogens with one attached hydrogen (secondary N) is 2. The quantitative estimate of drug-likeness (QED) is 0.349. The van der Waals surface area contributed by atoms with Crippen molar-refractivity contribution in [2.75, 3.05) is 46.3 Å². The van der Waals surface area contributed by atoms with Crippen molar-refractivity contribution in [3.63, 3.8) is 0 Å². The Hall–Kier alpha value is -1.35. The number of carbonyl (C=O) groups is 1. The number of rotatable bonds is 6. The van der Waals surface area contributed by atoms with Crippen molar-refractivity contribution in [1.82, 2.24) is 20.4 Å². The van der Waals surface area contributed by atoms with Crippen molar-refractivity contribution >= 4 is 35.8 Å². The molecule has 162 valence electrons. The molecule has 6 nitrogen and oxygen atoms in total. The van der Waals surface area contributed by atoms with Gasteiger partial charge in [0.25, 0.3) is 0 Å². The van der Waals surface area contributed by atoms with Gasteiger partial charge in [-0.05, 0) is 25.3 Å². The highest BCUT2D eigenvalue weighted by molar-refractivity contribution is 14.0. The smallest absolute Gasteiger partial charge is 0.225 e. The van der Waals surface area contributed by atoms with E-state index in [1.165, 1.54) is 24.0 Å². The molecule has 1 amide bonds. The van der Waals surface area contributed by atoms with Gasteiger partial charge in [0.15, 0.2) is 5.96 Å². The van der Waals surface area contributed by atoms with Gasteiger partial charge >= 0.3 is 0 Å². The predicted molar refractivity (Wildman–Crippen MR) is 130 cm³/mol. The second-order valence-corrected chi connectivity index (χ2v) is 7.99. The number of carbonyl (C=O) groups excluding carboxylic acids is 1. The summed E-state index contributed by atoms with van der Waals surface area (Å²) in [5.74, 6) is 1.53. The molecule has 1 heterocycles. The maximum Gasteiger partial charge on any atom is 0.225 e. The average molecular weight is 513 g/mol. The first-order valence-corrected chi connectivity index (χ1v) is 10.7. The number of piperazine rings is 1. The first-order chi connectivity index (χ1) is 13.7. The average Bonchev–Trinajstić information content (AvgIpc) is 3.25. The Morgan fingerprint density at radius 1 is 1.14 bits per heavy atom. The molecule has 0 atom stereocenters. The summed E-state index contributed by atoms with van der Waals surface area (Å²) in [7, 11) is 1.80. The Kier molecular flexibility index (Phi) is 10.2. The fourth-order valence-electron chi connectivity index (χ4n) is 4.18. The first-order valence-electron chi connectivity index (χ1n) is 10.7. The summed E-state index contributed by atoms with van der Waals surface area (Å²) < 4.78 is 0. The van der Waals surface area contributed by atoms with E-state index in [1.807, 2.05) is 0 Å². The Bertz CT molecular complexity index is 667. The van der Waals surface area contributed by atoms with Crippen molar-refractivity contribution < 1.29 is 4.79 Å². The van der Waals surface area contributed by atoms with Crippen molar-refractivity contribution in [3.05, 3.63) is 35.4 Å². The van der Waals surface area contributed by atoms with Crippen LogP contribution < -0.4 is 10.6 Å². The predicted octanol–water partition coefficient (Wildman–Crippen LogP) is 2.61. The summed E-state index contributed by atoms with van der Waals surface area (Å²) in [6, 6.07) is 8.50. The van der Waals surface area contributed by atoms with Gasteiger partial charge in [0, 0.05) is 58.8 Å². The molecular weight excluding hydrogens is 477 g/mol. The van der Waals surface area contributed by atoms with Crippen molar-refractivity contribution in [2.45, 2.75) is 39.2 Å². The SMILES string of the molecule is CN=C(NCCN1CCN(C(=O)C2CCCC2)CC1)NCc1cccc(C)c1.I. The van der Waals surface area contributed by atoms with Gasteiger partial charge in [-0.15, -0.1) is 24.0 Å². The van der Waals surface area contributed by atoms with Crippen LogP contribution in [0.2, 0.25) is 0 Å². The first kappa shape index (κ1) is 23.9. The summed E-state index contributed by atoms with van der Waals surface area (Å²) in [5, 5.41) is 6.77. The maximum atomic E-state index is 12.5. The molecule has 1 saturated heterocycles. The number of aliphatic imine (C=N–C) groups is 1. The van der Waals surface area contributed by atoms with Crippen LogP contribution in [-0.4, -0.2) is 68.0 Å². The van der Waals surface area contributed by atoms with Crippen LogP contribution >= 0.6 is 24.0 Å². The number of benzene rings is 1. The van der Waals surface area contributed by atoms with Crippen LogP contribution in [0.1, 0.15) is 36.8 Å². The zero-order chi connectivity index (χ0) is 19.8. The lowest BCUT2D eigenvalue weighted by atomic mass is 10.1. The molecule has 1 aromatic rings. The zero-order valence-electron chi connectivity index (χ0n) is 17.8. The van der Waals surface area contributed by atoms with E-state index in [9.17, 15) is 4.79 Å². The zero-order valence-corrected chi connectivity index (χ0v) is 20.2. The molecule has 1 saturated carbocycles. The van der Waals surface area contributed by atoms with Gasteiger partial charge in [-0.1, -0.05) is 42.7 Å². The fourth-order valence-corrected chi connectivity index (χ4v) is 4.18. The van der Waals surface area contributed by atoms with Gasteiger partial charge in [-0.2, -0.15) is 0 Å². The normalized spacial score (nSPS) is 18.4. The van der Waals surface area contributed by atoms with E-state index < -0.39 is 0 Å². The molecule has 1 aliphatic heterocycles. The number of hydrogen-bond donors (Lipinski definition) is 2. The second-order valence-electron chi connectivity index (χ2n) is 7.99. The van der Waals surface area contributed by atoms with Crippen LogP contribution in [-0.2, 0) is 11.3 Å². The third kappa shape index (κ3) is 7.44. The molecule has 0 radical (unpaired) electrons. The van der Waals surface area contributed by atoms with Crippen molar-refractivity contribution in [1.29, 1.82) is 0 Å². The van der Waals surface area contributed by atoms with Gasteiger partial charge in [0.05, 0.1) is 0 Å². The standard InChI is InChI=1S/C22H35N5O.HI/c1-18-6-5-7-19(16-18)17-25-22(23-2)24-10-11-26-12-14-27(15-13-26)21(28)20-8-3-4-9-20;/h5-7,16,20H,3-4,8-15,17H2,1-2H3,(H2,23,24,25);1H. The Morgan fingerprint density at radius 2 is 1.86 bits per heavy atom. The third-order valence-electron chi connectivity index (χ3n) is 5.87. The minimum absolute atomic E-state index is 0. The highest BCUT2D eigenvalue weighted by Crippen LogP contribution is 2.26. The molecule has 2 fully saturated rings. The van der Waals surface area contributed by atoms with E-state index in [2.05, 4.69) is 56.6 Å². The molecule has 0 aromatic heterocycles. The van der Waals surface area contributed by atoms with E-state index >= 15 is 0 Å². The second kappa shape index (κ2) is 12.4. The monoisotopic (exact) mass is 513 g/mol. The number of guanidine groups is 1. The minimum atomic E-state index is 0. The molecule has 2 N–H and O–H groups in total. The third-order valence-corrected chi connectivity index (χ3v) is 5.87. The van der Waals surface area contributed by atoms with Gasteiger partial charge in [0.2, 0.25) is 5.91 Å². The number of amides is 1. The Balaban J connectivity index is 0.00000300. The lowest BCUT2D eigenvalue weighted by molar-refractivity contribution is -0.137. The van der Waals surface area contributed by atoms with E-state index in [4.69, 9.17) is 0 Å². The van der Waals surface area contributed by atoms with E-state index in [1.54, 1.807) is 7.05 Å². The van der Waals surface area contributed by atoms with Crippen LogP contribution in [0, 0.1) is 12.8 Å². The number of aryl methyl sites for hydroxylation is 1. The summed E-state index contributed by atoms with van der Waals surface area (Å²) >= 11 is 0. The summed E-state index contributed by atoms with van der Waals surface area (Å²) in [4.78, 5) is 21.4. The van der Waals surface area contributed by atoms with Gasteiger partial charge in [-0.25, -0.2) is 0 Å². The maximum absolute atomic E-state index is 12.5. The summed E-state index contributed by atoms with van der Waals surface area (Å²) in [6.45, 7) is 8.37. The van der Waals surface area contributed by atoms with Crippen LogP contribution in [0.15, 0.2) is 29.3 Å². The number of halogens is 1. The van der Waals surface area contributed by atoms with Gasteiger partial charge < -0.3 is 15.5 Å². The van der Waals surface area contributed by atoms with Crippen molar-refractivity contribution in [3.8, 4) is 0 Å². The van der Waals surface area contributed by atoms with E-state index in [-0.39, 0.29) is 24.0 Å². The molecule has 1 aromatic carbocycles. The van der Waals surface area contributed by atoms with Crippen LogP contribution in [0.4, 0.5) is 0 Å².